The maximum atomic E-state index is 12.4. The molecule has 1 fully saturated rings. The third kappa shape index (κ3) is 3.68. The summed E-state index contributed by atoms with van der Waals surface area (Å²) in [5.41, 5.74) is 1.26. The maximum Gasteiger partial charge on any atom is 0.222 e. The summed E-state index contributed by atoms with van der Waals surface area (Å²) in [6, 6.07) is 8.42. The number of nitrogens with one attached hydrogen (secondary N) is 1. The number of carbonyl (C=O) groups is 1. The molecule has 4 heteroatoms. The van der Waals surface area contributed by atoms with Gasteiger partial charge in [0.2, 0.25) is 5.91 Å². The first-order valence-electron chi connectivity index (χ1n) is 8.14. The number of piperidine rings is 1. The van der Waals surface area contributed by atoms with E-state index in [1.807, 2.05) is 11.9 Å². The number of amides is 1. The van der Waals surface area contributed by atoms with E-state index in [2.05, 4.69) is 35.0 Å². The van der Waals surface area contributed by atoms with Gasteiger partial charge in [0.25, 0.3) is 0 Å². The molecule has 1 aliphatic heterocycles. The second-order valence-electron chi connectivity index (χ2n) is 6.24. The van der Waals surface area contributed by atoms with E-state index < -0.39 is 0 Å². The number of benzene rings is 1. The van der Waals surface area contributed by atoms with Crippen LogP contribution in [0.1, 0.15) is 31.2 Å². The Kier molecular flexibility index (Phi) is 5.11. The van der Waals surface area contributed by atoms with Gasteiger partial charge in [0, 0.05) is 24.7 Å². The highest BCUT2D eigenvalue weighted by molar-refractivity contribution is 7.17. The molecule has 1 amide bonds. The van der Waals surface area contributed by atoms with Crippen LogP contribution in [0.4, 0.5) is 0 Å². The first kappa shape index (κ1) is 15.5. The zero-order valence-corrected chi connectivity index (χ0v) is 14.0. The first-order valence-corrected chi connectivity index (χ1v) is 9.02. The number of hydrogen-bond acceptors (Lipinski definition) is 3. The van der Waals surface area contributed by atoms with Crippen LogP contribution in [0, 0.1) is 5.92 Å². The van der Waals surface area contributed by atoms with Gasteiger partial charge in [0.1, 0.15) is 0 Å². The Hall–Kier alpha value is -1.39. The molecule has 3 nitrogen and oxygen atoms in total. The van der Waals surface area contributed by atoms with Crippen LogP contribution in [0.3, 0.4) is 0 Å². The summed E-state index contributed by atoms with van der Waals surface area (Å²) in [6.45, 7) is 2.93. The molecule has 0 aliphatic carbocycles. The van der Waals surface area contributed by atoms with Crippen LogP contribution in [0.5, 0.6) is 0 Å². The van der Waals surface area contributed by atoms with Gasteiger partial charge in [-0.1, -0.05) is 18.2 Å². The third-order valence-electron chi connectivity index (χ3n) is 4.62. The lowest BCUT2D eigenvalue weighted by molar-refractivity contribution is -0.130. The molecular weight excluding hydrogens is 292 g/mol. The summed E-state index contributed by atoms with van der Waals surface area (Å²) in [7, 11) is 1.93. The molecule has 2 aromatic rings. The average Bonchev–Trinajstić information content (AvgIpc) is 2.97. The zero-order chi connectivity index (χ0) is 15.4. The van der Waals surface area contributed by atoms with Gasteiger partial charge in [-0.15, -0.1) is 11.3 Å². The van der Waals surface area contributed by atoms with Gasteiger partial charge in [-0.3, -0.25) is 4.79 Å². The highest BCUT2D eigenvalue weighted by atomic mass is 32.1. The lowest BCUT2D eigenvalue weighted by atomic mass is 9.93. The van der Waals surface area contributed by atoms with Crippen molar-refractivity contribution in [3.05, 3.63) is 35.2 Å². The molecule has 0 saturated carbocycles. The highest BCUT2D eigenvalue weighted by Crippen LogP contribution is 2.26. The Balaban J connectivity index is 1.54. The smallest absolute Gasteiger partial charge is 0.222 e. The lowest BCUT2D eigenvalue weighted by Gasteiger charge is -2.23. The quantitative estimate of drug-likeness (QED) is 0.913. The molecule has 0 bridgehead atoms. The van der Waals surface area contributed by atoms with Crippen molar-refractivity contribution in [1.82, 2.24) is 10.2 Å². The van der Waals surface area contributed by atoms with E-state index in [1.165, 1.54) is 28.5 Å². The Morgan fingerprint density at radius 1 is 1.32 bits per heavy atom. The normalized spacial score (nSPS) is 16.0. The predicted molar refractivity (Wildman–Crippen MR) is 93.1 cm³/mol. The van der Waals surface area contributed by atoms with E-state index in [1.54, 1.807) is 11.3 Å². The van der Waals surface area contributed by atoms with Gasteiger partial charge in [0.05, 0.1) is 0 Å². The molecule has 0 spiro atoms. The lowest BCUT2D eigenvalue weighted by Crippen LogP contribution is -2.30. The second kappa shape index (κ2) is 7.25. The number of rotatable bonds is 5. The van der Waals surface area contributed by atoms with Gasteiger partial charge in [-0.25, -0.2) is 0 Å². The largest absolute Gasteiger partial charge is 0.341 e. The summed E-state index contributed by atoms with van der Waals surface area (Å²) >= 11 is 1.76. The van der Waals surface area contributed by atoms with Crippen molar-refractivity contribution >= 4 is 27.3 Å². The second-order valence-corrected chi connectivity index (χ2v) is 7.15. The molecule has 118 valence electrons. The number of thiophene rings is 1. The van der Waals surface area contributed by atoms with Gasteiger partial charge >= 0.3 is 0 Å². The van der Waals surface area contributed by atoms with Crippen molar-refractivity contribution in [2.45, 2.75) is 32.2 Å². The maximum absolute atomic E-state index is 12.4. The van der Waals surface area contributed by atoms with Gasteiger partial charge < -0.3 is 10.2 Å². The van der Waals surface area contributed by atoms with E-state index in [0.29, 0.717) is 6.42 Å². The number of hydrogen-bond donors (Lipinski definition) is 1. The fourth-order valence-corrected chi connectivity index (χ4v) is 4.14. The molecule has 3 rings (SSSR count). The van der Waals surface area contributed by atoms with Crippen LogP contribution in [0.25, 0.3) is 10.1 Å². The van der Waals surface area contributed by atoms with E-state index in [0.717, 1.165) is 32.0 Å². The van der Waals surface area contributed by atoms with E-state index in [4.69, 9.17) is 0 Å². The Morgan fingerprint density at radius 3 is 2.91 bits per heavy atom. The van der Waals surface area contributed by atoms with Crippen LogP contribution in [0.2, 0.25) is 0 Å². The minimum Gasteiger partial charge on any atom is -0.341 e. The van der Waals surface area contributed by atoms with Crippen molar-refractivity contribution in [2.24, 2.45) is 5.92 Å². The summed E-state index contributed by atoms with van der Waals surface area (Å²) in [4.78, 5) is 14.2. The summed E-state index contributed by atoms with van der Waals surface area (Å²) in [5, 5.41) is 6.84. The van der Waals surface area contributed by atoms with Gasteiger partial charge in [-0.05, 0) is 60.7 Å². The SMILES string of the molecule is CN(Cc1csc2ccccc12)C(=O)CCC1CCNCC1. The minimum atomic E-state index is 0.272. The molecule has 0 unspecified atom stereocenters. The summed E-state index contributed by atoms with van der Waals surface area (Å²) in [6.07, 6.45) is 4.15. The van der Waals surface area contributed by atoms with Crippen LogP contribution in [0.15, 0.2) is 29.6 Å². The number of fused-ring (bicyclic) bond motifs is 1. The van der Waals surface area contributed by atoms with E-state index >= 15 is 0 Å². The molecule has 1 aromatic heterocycles. The Morgan fingerprint density at radius 2 is 2.09 bits per heavy atom. The fraction of sp³-hybridized carbons (Fsp3) is 0.500. The minimum absolute atomic E-state index is 0.272. The Labute approximate surface area is 136 Å². The molecule has 1 aliphatic rings. The fourth-order valence-electron chi connectivity index (χ4n) is 3.19. The number of nitrogens with zero attached hydrogens (tertiary/aromatic N) is 1. The van der Waals surface area contributed by atoms with E-state index in [-0.39, 0.29) is 5.91 Å². The molecule has 0 atom stereocenters. The standard InChI is InChI=1S/C18H24N2OS/c1-20(18(21)7-6-14-8-10-19-11-9-14)12-15-13-22-17-5-3-2-4-16(15)17/h2-5,13-14,19H,6-12H2,1H3. The summed E-state index contributed by atoms with van der Waals surface area (Å²) < 4.78 is 1.30. The molecule has 1 N–H and O–H groups in total. The van der Waals surface area contributed by atoms with Gasteiger partial charge in [0.15, 0.2) is 0 Å². The number of carbonyl (C=O) groups excluding carboxylic acids is 1. The molecular formula is C18H24N2OS. The molecule has 2 heterocycles. The van der Waals surface area contributed by atoms with Crippen LogP contribution in [-0.2, 0) is 11.3 Å². The van der Waals surface area contributed by atoms with Gasteiger partial charge in [-0.2, -0.15) is 0 Å². The summed E-state index contributed by atoms with van der Waals surface area (Å²) in [5.74, 6) is 0.995. The topological polar surface area (TPSA) is 32.3 Å². The van der Waals surface area contributed by atoms with Crippen LogP contribution < -0.4 is 5.32 Å². The highest BCUT2D eigenvalue weighted by Gasteiger charge is 2.17. The van der Waals surface area contributed by atoms with Crippen molar-refractivity contribution in [1.29, 1.82) is 0 Å². The molecule has 22 heavy (non-hydrogen) atoms. The Bertz CT molecular complexity index is 631. The van der Waals surface area contributed by atoms with Crippen molar-refractivity contribution < 1.29 is 4.79 Å². The zero-order valence-electron chi connectivity index (χ0n) is 13.2. The van der Waals surface area contributed by atoms with Crippen molar-refractivity contribution in [3.8, 4) is 0 Å². The third-order valence-corrected chi connectivity index (χ3v) is 5.63. The average molecular weight is 316 g/mol. The van der Waals surface area contributed by atoms with Crippen LogP contribution in [-0.4, -0.2) is 30.9 Å². The molecule has 1 saturated heterocycles. The van der Waals surface area contributed by atoms with Crippen molar-refractivity contribution in [2.75, 3.05) is 20.1 Å². The predicted octanol–water partition coefficient (Wildman–Crippen LogP) is 3.64. The molecule has 1 aromatic carbocycles. The molecule has 0 radical (unpaired) electrons. The van der Waals surface area contributed by atoms with E-state index in [9.17, 15) is 4.79 Å². The van der Waals surface area contributed by atoms with Crippen molar-refractivity contribution in [3.63, 3.8) is 0 Å². The monoisotopic (exact) mass is 316 g/mol. The first-order chi connectivity index (χ1) is 10.7. The van der Waals surface area contributed by atoms with Crippen LogP contribution >= 0.6 is 11.3 Å².